The predicted octanol–water partition coefficient (Wildman–Crippen LogP) is 2.94. The maximum Gasteiger partial charge on any atom is 0.194 e. The third-order valence-electron chi connectivity index (χ3n) is 2.32. The van der Waals surface area contributed by atoms with Gasteiger partial charge >= 0.3 is 0 Å². The third-order valence-corrected chi connectivity index (χ3v) is 2.32. The van der Waals surface area contributed by atoms with Crippen LogP contribution in [0.1, 0.15) is 31.7 Å². The van der Waals surface area contributed by atoms with Gasteiger partial charge in [-0.25, -0.2) is 13.2 Å². The van der Waals surface area contributed by atoms with E-state index in [1.807, 2.05) is 0 Å². The molecule has 0 radical (unpaired) electrons. The zero-order valence-electron chi connectivity index (χ0n) is 8.73. The summed E-state index contributed by atoms with van der Waals surface area (Å²) < 4.78 is 38.9. The first-order valence-electron chi connectivity index (χ1n) is 4.82. The summed E-state index contributed by atoms with van der Waals surface area (Å²) in [6.45, 7) is 3.52. The van der Waals surface area contributed by atoms with Crippen LogP contribution in [0.15, 0.2) is 12.1 Å². The SMILES string of the molecule is CC(N)CC(C)c1ccc(F)c(F)c1F. The van der Waals surface area contributed by atoms with Gasteiger partial charge in [0.25, 0.3) is 0 Å². The van der Waals surface area contributed by atoms with Crippen molar-refractivity contribution in [2.75, 3.05) is 0 Å². The highest BCUT2D eigenvalue weighted by Gasteiger charge is 2.18. The fourth-order valence-corrected chi connectivity index (χ4v) is 1.61. The van der Waals surface area contributed by atoms with E-state index in [4.69, 9.17) is 5.73 Å². The molecule has 0 aliphatic carbocycles. The first-order chi connectivity index (χ1) is 6.93. The Morgan fingerprint density at radius 1 is 1.13 bits per heavy atom. The summed E-state index contributed by atoms with van der Waals surface area (Å²) >= 11 is 0. The zero-order valence-corrected chi connectivity index (χ0v) is 8.73. The molecule has 1 aromatic carbocycles. The molecule has 0 amide bonds. The van der Waals surface area contributed by atoms with Crippen molar-refractivity contribution in [2.45, 2.75) is 32.2 Å². The molecule has 2 N–H and O–H groups in total. The van der Waals surface area contributed by atoms with E-state index in [1.54, 1.807) is 13.8 Å². The lowest BCUT2D eigenvalue weighted by Crippen LogP contribution is -2.18. The number of rotatable bonds is 3. The quantitative estimate of drug-likeness (QED) is 0.774. The Morgan fingerprint density at radius 3 is 2.27 bits per heavy atom. The number of hydrogen-bond acceptors (Lipinski definition) is 1. The summed E-state index contributed by atoms with van der Waals surface area (Å²) in [5.74, 6) is -3.91. The molecule has 84 valence electrons. The predicted molar refractivity (Wildman–Crippen MR) is 53.0 cm³/mol. The van der Waals surface area contributed by atoms with Crippen molar-refractivity contribution in [3.8, 4) is 0 Å². The number of benzene rings is 1. The Labute approximate surface area is 87.1 Å². The summed E-state index contributed by atoms with van der Waals surface area (Å²) in [4.78, 5) is 0. The topological polar surface area (TPSA) is 26.0 Å². The average Bonchev–Trinajstić information content (AvgIpc) is 2.13. The highest BCUT2D eigenvalue weighted by molar-refractivity contribution is 5.23. The molecule has 15 heavy (non-hydrogen) atoms. The van der Waals surface area contributed by atoms with Crippen LogP contribution in [0.2, 0.25) is 0 Å². The summed E-state index contributed by atoms with van der Waals surface area (Å²) in [7, 11) is 0. The van der Waals surface area contributed by atoms with Crippen LogP contribution < -0.4 is 5.73 Å². The second kappa shape index (κ2) is 4.66. The minimum absolute atomic E-state index is 0.104. The molecule has 0 aliphatic rings. The molecule has 1 aromatic rings. The maximum atomic E-state index is 13.3. The van der Waals surface area contributed by atoms with Crippen molar-refractivity contribution < 1.29 is 13.2 Å². The van der Waals surface area contributed by atoms with E-state index in [0.29, 0.717) is 6.42 Å². The Bertz CT molecular complexity index is 350. The lowest BCUT2D eigenvalue weighted by atomic mass is 9.94. The summed E-state index contributed by atoms with van der Waals surface area (Å²) in [5, 5.41) is 0. The van der Waals surface area contributed by atoms with Crippen LogP contribution in [0.25, 0.3) is 0 Å². The van der Waals surface area contributed by atoms with Crippen LogP contribution in [0.5, 0.6) is 0 Å². The van der Waals surface area contributed by atoms with E-state index in [1.165, 1.54) is 6.07 Å². The largest absolute Gasteiger partial charge is 0.328 e. The summed E-state index contributed by atoms with van der Waals surface area (Å²) in [6.07, 6.45) is 0.530. The molecule has 0 heterocycles. The van der Waals surface area contributed by atoms with Crippen molar-refractivity contribution in [3.05, 3.63) is 35.1 Å². The van der Waals surface area contributed by atoms with Crippen LogP contribution in [-0.2, 0) is 0 Å². The monoisotopic (exact) mass is 217 g/mol. The van der Waals surface area contributed by atoms with Crippen molar-refractivity contribution in [1.29, 1.82) is 0 Å². The average molecular weight is 217 g/mol. The number of nitrogens with two attached hydrogens (primary N) is 1. The van der Waals surface area contributed by atoms with E-state index in [2.05, 4.69) is 0 Å². The van der Waals surface area contributed by atoms with Crippen LogP contribution in [-0.4, -0.2) is 6.04 Å². The van der Waals surface area contributed by atoms with Crippen LogP contribution in [0, 0.1) is 17.5 Å². The summed E-state index contributed by atoms with van der Waals surface area (Å²) in [6, 6.07) is 2.10. The van der Waals surface area contributed by atoms with Gasteiger partial charge in [-0.05, 0) is 30.9 Å². The molecule has 0 spiro atoms. The smallest absolute Gasteiger partial charge is 0.194 e. The van der Waals surface area contributed by atoms with Gasteiger partial charge in [-0.2, -0.15) is 0 Å². The molecule has 4 heteroatoms. The van der Waals surface area contributed by atoms with Crippen molar-refractivity contribution in [2.24, 2.45) is 5.73 Å². The Balaban J connectivity index is 3.00. The lowest BCUT2D eigenvalue weighted by Gasteiger charge is -2.15. The van der Waals surface area contributed by atoms with Gasteiger partial charge < -0.3 is 5.73 Å². The maximum absolute atomic E-state index is 13.3. The highest BCUT2D eigenvalue weighted by atomic mass is 19.2. The minimum atomic E-state index is -1.41. The van der Waals surface area contributed by atoms with Gasteiger partial charge in [0.2, 0.25) is 0 Å². The highest BCUT2D eigenvalue weighted by Crippen LogP contribution is 2.25. The molecule has 0 aliphatic heterocycles. The number of halogens is 3. The Kier molecular flexibility index (Phi) is 3.74. The summed E-state index contributed by atoms with van der Waals surface area (Å²) in [5.41, 5.74) is 5.73. The Hall–Kier alpha value is -1.03. The first kappa shape index (κ1) is 12.0. The molecule has 0 bridgehead atoms. The molecule has 0 fully saturated rings. The van der Waals surface area contributed by atoms with Gasteiger partial charge in [0.05, 0.1) is 0 Å². The van der Waals surface area contributed by atoms with E-state index in [-0.39, 0.29) is 17.5 Å². The minimum Gasteiger partial charge on any atom is -0.328 e. The van der Waals surface area contributed by atoms with E-state index in [0.717, 1.165) is 6.07 Å². The lowest BCUT2D eigenvalue weighted by molar-refractivity contribution is 0.432. The molecule has 0 saturated carbocycles. The number of hydrogen-bond donors (Lipinski definition) is 1. The van der Waals surface area contributed by atoms with Crippen LogP contribution in [0.3, 0.4) is 0 Å². The Morgan fingerprint density at radius 2 is 1.73 bits per heavy atom. The second-order valence-electron chi connectivity index (χ2n) is 3.88. The second-order valence-corrected chi connectivity index (χ2v) is 3.88. The van der Waals surface area contributed by atoms with Gasteiger partial charge in [-0.15, -0.1) is 0 Å². The van der Waals surface area contributed by atoms with Gasteiger partial charge in [-0.3, -0.25) is 0 Å². The normalized spacial score (nSPS) is 15.1. The van der Waals surface area contributed by atoms with Crippen molar-refractivity contribution in [1.82, 2.24) is 0 Å². The van der Waals surface area contributed by atoms with Crippen molar-refractivity contribution >= 4 is 0 Å². The van der Waals surface area contributed by atoms with Crippen LogP contribution >= 0.6 is 0 Å². The van der Waals surface area contributed by atoms with Crippen LogP contribution in [0.4, 0.5) is 13.2 Å². The molecule has 1 nitrogen and oxygen atoms in total. The third kappa shape index (κ3) is 2.72. The standard InChI is InChI=1S/C11H14F3N/c1-6(5-7(2)15)8-3-4-9(12)11(14)10(8)13/h3-4,6-7H,5,15H2,1-2H3. The fraction of sp³-hybridized carbons (Fsp3) is 0.455. The fourth-order valence-electron chi connectivity index (χ4n) is 1.61. The van der Waals surface area contributed by atoms with Gasteiger partial charge in [0, 0.05) is 6.04 Å². The van der Waals surface area contributed by atoms with Gasteiger partial charge in [-0.1, -0.05) is 13.0 Å². The van der Waals surface area contributed by atoms with Gasteiger partial charge in [0.1, 0.15) is 0 Å². The molecule has 0 saturated heterocycles. The molecule has 1 rings (SSSR count). The van der Waals surface area contributed by atoms with Gasteiger partial charge in [0.15, 0.2) is 17.5 Å². The van der Waals surface area contributed by atoms with E-state index < -0.39 is 17.5 Å². The zero-order chi connectivity index (χ0) is 11.6. The molecule has 0 aromatic heterocycles. The van der Waals surface area contributed by atoms with Crippen molar-refractivity contribution in [3.63, 3.8) is 0 Å². The van der Waals surface area contributed by atoms with E-state index in [9.17, 15) is 13.2 Å². The molecular formula is C11H14F3N. The molecule has 2 atom stereocenters. The molecule has 2 unspecified atom stereocenters. The van der Waals surface area contributed by atoms with E-state index >= 15 is 0 Å². The molecular weight excluding hydrogens is 203 g/mol. The first-order valence-corrected chi connectivity index (χ1v) is 4.82.